The Labute approximate surface area is 98.3 Å². The van der Waals surface area contributed by atoms with Crippen molar-refractivity contribution < 1.29 is 15.0 Å². The van der Waals surface area contributed by atoms with Crippen molar-refractivity contribution in [3.8, 4) is 0 Å². The third-order valence-corrected chi connectivity index (χ3v) is 2.24. The maximum absolute atomic E-state index is 10.9. The molecular weight excluding hydrogens is 206 g/mol. The predicted molar refractivity (Wildman–Crippen MR) is 64.4 cm³/mol. The molecule has 4 nitrogen and oxygen atoms in total. The molecule has 96 valence electrons. The van der Waals surface area contributed by atoms with E-state index in [-0.39, 0.29) is 6.54 Å². The summed E-state index contributed by atoms with van der Waals surface area (Å²) in [6.45, 7) is 11.5. The van der Waals surface area contributed by atoms with Crippen molar-refractivity contribution >= 4 is 5.97 Å². The van der Waals surface area contributed by atoms with E-state index in [0.717, 1.165) is 13.1 Å². The number of carboxylic acid groups (broad SMARTS) is 1. The van der Waals surface area contributed by atoms with Crippen LogP contribution < -0.4 is 0 Å². The van der Waals surface area contributed by atoms with Crippen molar-refractivity contribution in [2.45, 2.75) is 40.2 Å². The number of carboxylic acids is 1. The van der Waals surface area contributed by atoms with Crippen LogP contribution >= 0.6 is 0 Å². The fourth-order valence-corrected chi connectivity index (χ4v) is 1.74. The molecular formula is C12H25NO3. The minimum Gasteiger partial charge on any atom is -0.479 e. The molecule has 0 aromatic heterocycles. The van der Waals surface area contributed by atoms with Gasteiger partial charge in [-0.05, 0) is 18.8 Å². The van der Waals surface area contributed by atoms with Gasteiger partial charge in [-0.3, -0.25) is 4.90 Å². The molecule has 0 spiro atoms. The van der Waals surface area contributed by atoms with E-state index in [9.17, 15) is 9.90 Å². The van der Waals surface area contributed by atoms with Gasteiger partial charge in [0, 0.05) is 19.6 Å². The van der Waals surface area contributed by atoms with Gasteiger partial charge in [0.2, 0.25) is 0 Å². The van der Waals surface area contributed by atoms with E-state index in [4.69, 9.17) is 5.11 Å². The standard InChI is InChI=1S/C12H25NO3/c1-9(2)6-13(7-10(3)4)8-12(5,16)11(14)15/h9-10,16H,6-8H2,1-5H3,(H,14,15). The smallest absolute Gasteiger partial charge is 0.336 e. The van der Waals surface area contributed by atoms with Gasteiger partial charge >= 0.3 is 5.97 Å². The van der Waals surface area contributed by atoms with E-state index in [1.165, 1.54) is 6.92 Å². The van der Waals surface area contributed by atoms with Gasteiger partial charge in [0.1, 0.15) is 0 Å². The van der Waals surface area contributed by atoms with Crippen LogP contribution in [0.15, 0.2) is 0 Å². The highest BCUT2D eigenvalue weighted by Gasteiger charge is 2.32. The largest absolute Gasteiger partial charge is 0.479 e. The zero-order chi connectivity index (χ0) is 12.9. The fraction of sp³-hybridized carbons (Fsp3) is 0.917. The lowest BCUT2D eigenvalue weighted by molar-refractivity contribution is -0.158. The Bertz CT molecular complexity index is 214. The molecule has 0 aliphatic heterocycles. The van der Waals surface area contributed by atoms with Crippen LogP contribution in [-0.2, 0) is 4.79 Å². The lowest BCUT2D eigenvalue weighted by atomic mass is 10.0. The lowest BCUT2D eigenvalue weighted by Gasteiger charge is -2.31. The summed E-state index contributed by atoms with van der Waals surface area (Å²) < 4.78 is 0. The van der Waals surface area contributed by atoms with E-state index in [0.29, 0.717) is 11.8 Å². The molecule has 16 heavy (non-hydrogen) atoms. The first-order valence-corrected chi connectivity index (χ1v) is 5.83. The molecule has 0 aliphatic carbocycles. The van der Waals surface area contributed by atoms with Gasteiger partial charge in [0.05, 0.1) is 0 Å². The highest BCUT2D eigenvalue weighted by Crippen LogP contribution is 2.11. The molecule has 2 N–H and O–H groups in total. The molecule has 0 aromatic carbocycles. The summed E-state index contributed by atoms with van der Waals surface area (Å²) in [5.74, 6) is -0.239. The van der Waals surface area contributed by atoms with Crippen LogP contribution in [0.5, 0.6) is 0 Å². The lowest BCUT2D eigenvalue weighted by Crippen LogP contribution is -2.48. The second-order valence-electron chi connectivity index (χ2n) is 5.56. The van der Waals surface area contributed by atoms with Gasteiger partial charge in [-0.25, -0.2) is 4.79 Å². The second kappa shape index (κ2) is 6.21. The maximum Gasteiger partial charge on any atom is 0.336 e. The van der Waals surface area contributed by atoms with Gasteiger partial charge in [0.25, 0.3) is 0 Å². The molecule has 0 bridgehead atoms. The summed E-state index contributed by atoms with van der Waals surface area (Å²) >= 11 is 0. The van der Waals surface area contributed by atoms with Gasteiger partial charge in [-0.1, -0.05) is 27.7 Å². The number of rotatable bonds is 7. The average Bonchev–Trinajstić information content (AvgIpc) is 1.99. The van der Waals surface area contributed by atoms with Crippen LogP contribution in [-0.4, -0.2) is 46.3 Å². The van der Waals surface area contributed by atoms with E-state index >= 15 is 0 Å². The Balaban J connectivity index is 4.47. The number of hydrogen-bond acceptors (Lipinski definition) is 3. The zero-order valence-electron chi connectivity index (χ0n) is 11.0. The quantitative estimate of drug-likeness (QED) is 0.696. The first kappa shape index (κ1) is 15.4. The number of nitrogens with zero attached hydrogens (tertiary/aromatic N) is 1. The van der Waals surface area contributed by atoms with Crippen LogP contribution in [0.2, 0.25) is 0 Å². The molecule has 0 aliphatic rings. The first-order valence-electron chi connectivity index (χ1n) is 5.83. The minimum absolute atomic E-state index is 0.179. The average molecular weight is 231 g/mol. The molecule has 0 fully saturated rings. The monoisotopic (exact) mass is 231 g/mol. The van der Waals surface area contributed by atoms with Crippen LogP contribution in [0.1, 0.15) is 34.6 Å². The van der Waals surface area contributed by atoms with Crippen LogP contribution in [0.3, 0.4) is 0 Å². The normalized spacial score (nSPS) is 15.8. The van der Waals surface area contributed by atoms with Gasteiger partial charge < -0.3 is 10.2 Å². The first-order chi connectivity index (χ1) is 7.15. The maximum atomic E-state index is 10.9. The molecule has 0 saturated carbocycles. The van der Waals surface area contributed by atoms with E-state index in [1.54, 1.807) is 0 Å². The Kier molecular flexibility index (Phi) is 5.97. The Hall–Kier alpha value is -0.610. The van der Waals surface area contributed by atoms with E-state index < -0.39 is 11.6 Å². The zero-order valence-corrected chi connectivity index (χ0v) is 11.0. The van der Waals surface area contributed by atoms with Gasteiger partial charge in [-0.15, -0.1) is 0 Å². The molecule has 0 amide bonds. The molecule has 1 atom stereocenters. The molecule has 0 saturated heterocycles. The van der Waals surface area contributed by atoms with Crippen molar-refractivity contribution in [3.63, 3.8) is 0 Å². The molecule has 4 heteroatoms. The highest BCUT2D eigenvalue weighted by atomic mass is 16.4. The van der Waals surface area contributed by atoms with Crippen molar-refractivity contribution in [3.05, 3.63) is 0 Å². The molecule has 1 unspecified atom stereocenters. The van der Waals surface area contributed by atoms with Crippen molar-refractivity contribution in [1.29, 1.82) is 0 Å². The third kappa shape index (κ3) is 6.08. The Morgan fingerprint density at radius 2 is 1.56 bits per heavy atom. The second-order valence-corrected chi connectivity index (χ2v) is 5.56. The van der Waals surface area contributed by atoms with Crippen LogP contribution in [0.25, 0.3) is 0 Å². The summed E-state index contributed by atoms with van der Waals surface area (Å²) in [6.07, 6.45) is 0. The molecule has 0 rings (SSSR count). The Morgan fingerprint density at radius 3 is 1.81 bits per heavy atom. The molecule has 0 heterocycles. The Morgan fingerprint density at radius 1 is 1.19 bits per heavy atom. The van der Waals surface area contributed by atoms with E-state index in [1.807, 2.05) is 4.90 Å². The number of aliphatic hydroxyl groups is 1. The summed E-state index contributed by atoms with van der Waals surface area (Å²) in [7, 11) is 0. The predicted octanol–water partition coefficient (Wildman–Crippen LogP) is 1.44. The number of carbonyl (C=O) groups is 1. The molecule has 0 aromatic rings. The number of aliphatic carboxylic acids is 1. The van der Waals surface area contributed by atoms with Crippen LogP contribution in [0, 0.1) is 11.8 Å². The third-order valence-electron chi connectivity index (χ3n) is 2.24. The topological polar surface area (TPSA) is 60.8 Å². The van der Waals surface area contributed by atoms with Gasteiger partial charge in [0.15, 0.2) is 5.60 Å². The highest BCUT2D eigenvalue weighted by molar-refractivity contribution is 5.76. The van der Waals surface area contributed by atoms with Crippen molar-refractivity contribution in [1.82, 2.24) is 4.90 Å². The van der Waals surface area contributed by atoms with Gasteiger partial charge in [-0.2, -0.15) is 0 Å². The molecule has 0 radical (unpaired) electrons. The summed E-state index contributed by atoms with van der Waals surface area (Å²) in [5, 5.41) is 18.6. The van der Waals surface area contributed by atoms with Crippen LogP contribution in [0.4, 0.5) is 0 Å². The SMILES string of the molecule is CC(C)CN(CC(C)C)CC(C)(O)C(=O)O. The number of hydrogen-bond donors (Lipinski definition) is 2. The summed E-state index contributed by atoms with van der Waals surface area (Å²) in [5.41, 5.74) is -1.66. The fourth-order valence-electron chi connectivity index (χ4n) is 1.74. The summed E-state index contributed by atoms with van der Waals surface area (Å²) in [6, 6.07) is 0. The van der Waals surface area contributed by atoms with Crippen molar-refractivity contribution in [2.75, 3.05) is 19.6 Å². The van der Waals surface area contributed by atoms with Crippen molar-refractivity contribution in [2.24, 2.45) is 11.8 Å². The minimum atomic E-state index is -1.66. The van der Waals surface area contributed by atoms with E-state index in [2.05, 4.69) is 27.7 Å². The summed E-state index contributed by atoms with van der Waals surface area (Å²) in [4.78, 5) is 12.9.